The van der Waals surface area contributed by atoms with Crippen molar-refractivity contribution in [3.05, 3.63) is 65.7 Å². The zero-order valence-corrected chi connectivity index (χ0v) is 14.6. The summed E-state index contributed by atoms with van der Waals surface area (Å²) >= 11 is 0. The van der Waals surface area contributed by atoms with E-state index in [4.69, 9.17) is 9.97 Å². The summed E-state index contributed by atoms with van der Waals surface area (Å²) in [5.74, 6) is 2.42. The first-order chi connectivity index (χ1) is 12.2. The first-order valence-corrected chi connectivity index (χ1v) is 8.73. The molecule has 1 saturated carbocycles. The average Bonchev–Trinajstić information content (AvgIpc) is 3.42. The maximum absolute atomic E-state index is 4.73. The lowest BCUT2D eigenvalue weighted by Gasteiger charge is -2.13. The largest absolute Gasteiger partial charge is 0.367 e. The van der Waals surface area contributed by atoms with E-state index in [0.29, 0.717) is 6.04 Å². The predicted octanol–water partition coefficient (Wildman–Crippen LogP) is 5.08. The monoisotopic (exact) mass is 330 g/mol. The highest BCUT2D eigenvalue weighted by Crippen LogP contribution is 2.28. The van der Waals surface area contributed by atoms with E-state index in [-0.39, 0.29) is 0 Å². The molecule has 1 aromatic heterocycles. The smallest absolute Gasteiger partial charge is 0.163 e. The lowest BCUT2D eigenvalue weighted by molar-refractivity contribution is 1.09. The van der Waals surface area contributed by atoms with Crippen molar-refractivity contribution in [2.45, 2.75) is 32.7 Å². The van der Waals surface area contributed by atoms with Gasteiger partial charge in [-0.05, 0) is 38.3 Å². The third-order valence-corrected chi connectivity index (χ3v) is 4.33. The molecule has 4 nitrogen and oxygen atoms in total. The van der Waals surface area contributed by atoms with Gasteiger partial charge in [-0.1, -0.05) is 48.0 Å². The highest BCUT2D eigenvalue weighted by molar-refractivity contribution is 5.67. The number of benzene rings is 2. The fourth-order valence-electron chi connectivity index (χ4n) is 2.83. The van der Waals surface area contributed by atoms with E-state index in [1.165, 1.54) is 24.0 Å². The molecule has 126 valence electrons. The molecule has 2 aromatic carbocycles. The van der Waals surface area contributed by atoms with E-state index in [9.17, 15) is 0 Å². The number of hydrogen-bond acceptors (Lipinski definition) is 4. The maximum atomic E-state index is 4.73. The first kappa shape index (κ1) is 15.6. The molecule has 1 aliphatic rings. The van der Waals surface area contributed by atoms with Crippen molar-refractivity contribution in [1.82, 2.24) is 9.97 Å². The van der Waals surface area contributed by atoms with Gasteiger partial charge in [0.15, 0.2) is 5.82 Å². The quantitative estimate of drug-likeness (QED) is 0.685. The van der Waals surface area contributed by atoms with Gasteiger partial charge in [0.1, 0.15) is 11.6 Å². The molecule has 0 spiro atoms. The van der Waals surface area contributed by atoms with Crippen LogP contribution in [0.2, 0.25) is 0 Å². The Morgan fingerprint density at radius 2 is 1.64 bits per heavy atom. The molecule has 0 unspecified atom stereocenters. The number of nitrogens with zero attached hydrogens (tertiary/aromatic N) is 2. The third-order valence-electron chi connectivity index (χ3n) is 4.33. The molecule has 1 heterocycles. The van der Waals surface area contributed by atoms with Crippen molar-refractivity contribution in [3.8, 4) is 11.4 Å². The van der Waals surface area contributed by atoms with Crippen LogP contribution in [0.15, 0.2) is 54.6 Å². The minimum atomic E-state index is 0.549. The number of hydrogen-bond donors (Lipinski definition) is 2. The Labute approximate surface area is 148 Å². The van der Waals surface area contributed by atoms with E-state index in [0.717, 1.165) is 28.7 Å². The minimum Gasteiger partial charge on any atom is -0.367 e. The Morgan fingerprint density at radius 3 is 2.36 bits per heavy atom. The van der Waals surface area contributed by atoms with Crippen molar-refractivity contribution < 1.29 is 0 Å². The summed E-state index contributed by atoms with van der Waals surface area (Å²) < 4.78 is 0. The summed E-state index contributed by atoms with van der Waals surface area (Å²) in [6.45, 7) is 4.21. The van der Waals surface area contributed by atoms with Gasteiger partial charge < -0.3 is 10.6 Å². The molecule has 2 N–H and O–H groups in total. The standard InChI is InChI=1S/C21H22N4/c1-14-8-11-18(15(2)12-14)23-20-13-19(22-17-9-10-17)24-21(25-20)16-6-4-3-5-7-16/h3-8,11-13,17H,9-10H2,1-2H3,(H2,22,23,24,25). The van der Waals surface area contributed by atoms with E-state index in [1.807, 2.05) is 36.4 Å². The molecular formula is C21H22N4. The average molecular weight is 330 g/mol. The molecule has 4 rings (SSSR count). The Bertz CT molecular complexity index is 886. The Hall–Kier alpha value is -2.88. The SMILES string of the molecule is Cc1ccc(Nc2cc(NC3CC3)nc(-c3ccccc3)n2)c(C)c1. The highest BCUT2D eigenvalue weighted by atomic mass is 15.1. The van der Waals surface area contributed by atoms with Crippen molar-refractivity contribution in [2.75, 3.05) is 10.6 Å². The van der Waals surface area contributed by atoms with E-state index < -0.39 is 0 Å². The summed E-state index contributed by atoms with van der Waals surface area (Å²) in [7, 11) is 0. The van der Waals surface area contributed by atoms with Gasteiger partial charge >= 0.3 is 0 Å². The fraction of sp³-hybridized carbons (Fsp3) is 0.238. The molecule has 0 saturated heterocycles. The van der Waals surface area contributed by atoms with Crippen LogP contribution in [-0.2, 0) is 0 Å². The second-order valence-corrected chi connectivity index (χ2v) is 6.69. The molecule has 0 amide bonds. The van der Waals surface area contributed by atoms with Gasteiger partial charge in [0.05, 0.1) is 0 Å². The van der Waals surface area contributed by atoms with Gasteiger partial charge in [-0.25, -0.2) is 9.97 Å². The molecule has 3 aromatic rings. The lowest BCUT2D eigenvalue weighted by Crippen LogP contribution is -2.06. The lowest BCUT2D eigenvalue weighted by atomic mass is 10.1. The number of anilines is 3. The number of nitrogens with one attached hydrogen (secondary N) is 2. The van der Waals surface area contributed by atoms with Crippen LogP contribution < -0.4 is 10.6 Å². The summed E-state index contributed by atoms with van der Waals surface area (Å²) in [5.41, 5.74) is 4.55. The second kappa shape index (κ2) is 6.55. The van der Waals surface area contributed by atoms with Gasteiger partial charge in [0.25, 0.3) is 0 Å². The van der Waals surface area contributed by atoms with Gasteiger partial charge in [0, 0.05) is 23.4 Å². The van der Waals surface area contributed by atoms with Crippen LogP contribution in [0.3, 0.4) is 0 Å². The topological polar surface area (TPSA) is 49.8 Å². The zero-order valence-electron chi connectivity index (χ0n) is 14.6. The van der Waals surface area contributed by atoms with Crippen LogP contribution in [-0.4, -0.2) is 16.0 Å². The molecular weight excluding hydrogens is 308 g/mol. The fourth-order valence-corrected chi connectivity index (χ4v) is 2.83. The Kier molecular flexibility index (Phi) is 4.10. The normalized spacial score (nSPS) is 13.5. The summed E-state index contributed by atoms with van der Waals surface area (Å²) in [5, 5.41) is 6.94. The van der Waals surface area contributed by atoms with Crippen molar-refractivity contribution in [2.24, 2.45) is 0 Å². The maximum Gasteiger partial charge on any atom is 0.163 e. The van der Waals surface area contributed by atoms with E-state index in [1.54, 1.807) is 0 Å². The number of aryl methyl sites for hydroxylation is 2. The van der Waals surface area contributed by atoms with Crippen molar-refractivity contribution >= 4 is 17.3 Å². The number of aromatic nitrogens is 2. The third kappa shape index (κ3) is 3.79. The summed E-state index contributed by atoms with van der Waals surface area (Å²) in [6, 6.07) is 19.0. The molecule has 0 bridgehead atoms. The second-order valence-electron chi connectivity index (χ2n) is 6.69. The van der Waals surface area contributed by atoms with E-state index >= 15 is 0 Å². The van der Waals surface area contributed by atoms with Crippen LogP contribution in [0.4, 0.5) is 17.3 Å². The van der Waals surface area contributed by atoms with Crippen LogP contribution in [0.1, 0.15) is 24.0 Å². The van der Waals surface area contributed by atoms with Gasteiger partial charge in [-0.3, -0.25) is 0 Å². The highest BCUT2D eigenvalue weighted by Gasteiger charge is 2.22. The summed E-state index contributed by atoms with van der Waals surface area (Å²) in [4.78, 5) is 9.43. The molecule has 0 aliphatic heterocycles. The van der Waals surface area contributed by atoms with Gasteiger partial charge in [-0.15, -0.1) is 0 Å². The number of rotatable bonds is 5. The zero-order chi connectivity index (χ0) is 17.2. The van der Waals surface area contributed by atoms with Crippen molar-refractivity contribution in [3.63, 3.8) is 0 Å². The first-order valence-electron chi connectivity index (χ1n) is 8.73. The molecule has 4 heteroatoms. The predicted molar refractivity (Wildman–Crippen MR) is 103 cm³/mol. The Morgan fingerprint density at radius 1 is 0.880 bits per heavy atom. The Balaban J connectivity index is 1.70. The van der Waals surface area contributed by atoms with Gasteiger partial charge in [0.2, 0.25) is 0 Å². The molecule has 25 heavy (non-hydrogen) atoms. The molecule has 0 radical (unpaired) electrons. The minimum absolute atomic E-state index is 0.549. The van der Waals surface area contributed by atoms with Crippen LogP contribution in [0, 0.1) is 13.8 Å². The van der Waals surface area contributed by atoms with Gasteiger partial charge in [-0.2, -0.15) is 0 Å². The van der Waals surface area contributed by atoms with Crippen LogP contribution in [0.5, 0.6) is 0 Å². The van der Waals surface area contributed by atoms with E-state index in [2.05, 4.69) is 42.7 Å². The summed E-state index contributed by atoms with van der Waals surface area (Å²) in [6.07, 6.45) is 2.43. The molecule has 1 aliphatic carbocycles. The molecule has 1 fully saturated rings. The van der Waals surface area contributed by atoms with Crippen LogP contribution in [0.25, 0.3) is 11.4 Å². The molecule has 0 atom stereocenters. The van der Waals surface area contributed by atoms with Crippen molar-refractivity contribution in [1.29, 1.82) is 0 Å². The van der Waals surface area contributed by atoms with Crippen LogP contribution >= 0.6 is 0 Å².